The molecule has 0 radical (unpaired) electrons. The molecule has 0 atom stereocenters. The molecule has 1 aromatic heterocycles. The largest absolute Gasteiger partial charge is 0.452 e. The summed E-state index contributed by atoms with van der Waals surface area (Å²) in [6.07, 6.45) is 3.13. The number of ether oxygens (including phenoxy) is 1. The third-order valence-electron chi connectivity index (χ3n) is 4.11. The van der Waals surface area contributed by atoms with Gasteiger partial charge in [-0.05, 0) is 43.5 Å². The van der Waals surface area contributed by atoms with Gasteiger partial charge in [0.05, 0.1) is 15.6 Å². The Morgan fingerprint density at radius 2 is 1.96 bits per heavy atom. The first kappa shape index (κ1) is 20.1. The normalized spacial score (nSPS) is 13.0. The molecule has 1 aliphatic carbocycles. The van der Waals surface area contributed by atoms with Gasteiger partial charge in [-0.25, -0.2) is 9.78 Å². The maximum absolute atomic E-state index is 12.2. The second-order valence-corrected chi connectivity index (χ2v) is 7.15. The topological polar surface area (TPSA) is 97.4 Å². The number of pyridine rings is 1. The lowest BCUT2D eigenvalue weighted by Crippen LogP contribution is -2.22. The van der Waals surface area contributed by atoms with Gasteiger partial charge in [-0.2, -0.15) is 0 Å². The molecule has 0 saturated heterocycles. The summed E-state index contributed by atoms with van der Waals surface area (Å²) in [7, 11) is 0. The van der Waals surface area contributed by atoms with Gasteiger partial charge in [0.15, 0.2) is 12.4 Å². The van der Waals surface area contributed by atoms with Crippen LogP contribution in [0.5, 0.6) is 0 Å². The molecular weight excluding hydrogens is 405 g/mol. The Bertz CT molecular complexity index is 945. The lowest BCUT2D eigenvalue weighted by molar-refractivity contribution is -0.119. The van der Waals surface area contributed by atoms with Gasteiger partial charge >= 0.3 is 5.97 Å². The number of hydrogen-bond acceptors (Lipinski definition) is 5. The Hall–Kier alpha value is -2.64. The smallest absolute Gasteiger partial charge is 0.338 e. The molecule has 7 nitrogen and oxygen atoms in total. The molecule has 0 bridgehead atoms. The minimum atomic E-state index is -0.691. The van der Waals surface area contributed by atoms with Crippen LogP contribution in [-0.4, -0.2) is 29.4 Å². The molecule has 1 aliphatic rings. The average molecular weight is 422 g/mol. The minimum Gasteiger partial charge on any atom is -0.452 e. The molecule has 0 unspecified atom stereocenters. The maximum atomic E-state index is 12.2. The standard InChI is InChI=1S/C19H17Cl2N3O4/c1-10-14(20)8-22-17(16(10)21)24-15(25)9-28-19(27)12-3-2-4-13(7-12)23-18(26)11-5-6-11/h2-4,7-8,11H,5-6,9H2,1H3,(H,23,26)(H,22,24,25). The Morgan fingerprint density at radius 3 is 2.68 bits per heavy atom. The van der Waals surface area contributed by atoms with Crippen LogP contribution in [0.25, 0.3) is 0 Å². The van der Waals surface area contributed by atoms with Crippen molar-refractivity contribution in [3.05, 3.63) is 51.6 Å². The number of aromatic nitrogens is 1. The number of nitrogens with zero attached hydrogens (tertiary/aromatic N) is 1. The second kappa shape index (κ2) is 8.58. The van der Waals surface area contributed by atoms with Crippen molar-refractivity contribution < 1.29 is 19.1 Å². The number of nitrogens with one attached hydrogen (secondary N) is 2. The van der Waals surface area contributed by atoms with E-state index < -0.39 is 18.5 Å². The number of esters is 1. The Labute approximate surface area is 171 Å². The van der Waals surface area contributed by atoms with Gasteiger partial charge in [-0.3, -0.25) is 9.59 Å². The fourth-order valence-corrected chi connectivity index (χ4v) is 2.73. The molecule has 146 valence electrons. The van der Waals surface area contributed by atoms with Gasteiger partial charge in [0.2, 0.25) is 5.91 Å². The Kier molecular flexibility index (Phi) is 6.16. The van der Waals surface area contributed by atoms with Crippen molar-refractivity contribution in [2.45, 2.75) is 19.8 Å². The van der Waals surface area contributed by atoms with Crippen LogP contribution in [0.4, 0.5) is 11.5 Å². The van der Waals surface area contributed by atoms with Crippen LogP contribution in [0.2, 0.25) is 10.0 Å². The molecule has 1 saturated carbocycles. The maximum Gasteiger partial charge on any atom is 0.338 e. The summed E-state index contributed by atoms with van der Waals surface area (Å²) in [5.41, 5.74) is 1.30. The van der Waals surface area contributed by atoms with Crippen LogP contribution >= 0.6 is 23.2 Å². The second-order valence-electron chi connectivity index (χ2n) is 6.36. The van der Waals surface area contributed by atoms with Gasteiger partial charge < -0.3 is 15.4 Å². The lowest BCUT2D eigenvalue weighted by atomic mass is 10.2. The van der Waals surface area contributed by atoms with Gasteiger partial charge in [0.25, 0.3) is 5.91 Å². The molecule has 2 amide bonds. The zero-order valence-corrected chi connectivity index (χ0v) is 16.4. The highest BCUT2D eigenvalue weighted by Crippen LogP contribution is 2.30. The Morgan fingerprint density at radius 1 is 1.21 bits per heavy atom. The predicted octanol–water partition coefficient (Wildman–Crippen LogP) is 3.84. The van der Waals surface area contributed by atoms with Crippen LogP contribution < -0.4 is 10.6 Å². The average Bonchev–Trinajstić information content (AvgIpc) is 3.52. The van der Waals surface area contributed by atoms with E-state index in [0.717, 1.165) is 12.8 Å². The van der Waals surface area contributed by atoms with E-state index in [0.29, 0.717) is 16.3 Å². The van der Waals surface area contributed by atoms with Crippen molar-refractivity contribution in [2.24, 2.45) is 5.92 Å². The quantitative estimate of drug-likeness (QED) is 0.690. The highest BCUT2D eigenvalue weighted by Gasteiger charge is 2.29. The summed E-state index contributed by atoms with van der Waals surface area (Å²) in [6.45, 7) is 1.17. The van der Waals surface area contributed by atoms with Crippen LogP contribution in [0.3, 0.4) is 0 Å². The van der Waals surface area contributed by atoms with Gasteiger partial charge in [-0.1, -0.05) is 29.3 Å². The van der Waals surface area contributed by atoms with E-state index in [1.807, 2.05) is 0 Å². The van der Waals surface area contributed by atoms with Crippen LogP contribution in [0.15, 0.2) is 30.5 Å². The van der Waals surface area contributed by atoms with E-state index in [2.05, 4.69) is 15.6 Å². The van der Waals surface area contributed by atoms with Crippen LogP contribution in [-0.2, 0) is 14.3 Å². The first-order valence-corrected chi connectivity index (χ1v) is 9.29. The minimum absolute atomic E-state index is 0.0521. The van der Waals surface area contributed by atoms with E-state index in [9.17, 15) is 14.4 Å². The summed E-state index contributed by atoms with van der Waals surface area (Å²) in [5, 5.41) is 5.81. The molecule has 1 heterocycles. The fourth-order valence-electron chi connectivity index (χ4n) is 2.34. The molecule has 28 heavy (non-hydrogen) atoms. The third-order valence-corrected chi connectivity index (χ3v) is 4.95. The summed E-state index contributed by atoms with van der Waals surface area (Å²) in [6, 6.07) is 6.34. The van der Waals surface area contributed by atoms with Crippen molar-refractivity contribution in [1.82, 2.24) is 4.98 Å². The first-order valence-electron chi connectivity index (χ1n) is 8.53. The fraction of sp³-hybridized carbons (Fsp3) is 0.263. The number of amides is 2. The van der Waals surface area contributed by atoms with Gasteiger partial charge in [0, 0.05) is 17.8 Å². The number of carbonyl (C=O) groups excluding carboxylic acids is 3. The molecule has 3 rings (SSSR count). The van der Waals surface area contributed by atoms with Crippen LogP contribution in [0.1, 0.15) is 28.8 Å². The zero-order chi connectivity index (χ0) is 20.3. The van der Waals surface area contributed by atoms with Crippen molar-refractivity contribution in [1.29, 1.82) is 0 Å². The molecular formula is C19H17Cl2N3O4. The molecule has 1 aromatic carbocycles. The van der Waals surface area contributed by atoms with E-state index in [1.165, 1.54) is 18.3 Å². The third kappa shape index (κ3) is 4.99. The van der Waals surface area contributed by atoms with Crippen molar-refractivity contribution in [3.8, 4) is 0 Å². The van der Waals surface area contributed by atoms with Crippen LogP contribution in [0, 0.1) is 12.8 Å². The SMILES string of the molecule is Cc1c(Cl)cnc(NC(=O)COC(=O)c2cccc(NC(=O)C3CC3)c2)c1Cl. The van der Waals surface area contributed by atoms with Crippen molar-refractivity contribution >= 4 is 52.5 Å². The number of hydrogen-bond donors (Lipinski definition) is 2. The van der Waals surface area contributed by atoms with Gasteiger partial charge in [0.1, 0.15) is 0 Å². The van der Waals surface area contributed by atoms with Crippen molar-refractivity contribution in [3.63, 3.8) is 0 Å². The van der Waals surface area contributed by atoms with E-state index in [1.54, 1.807) is 19.1 Å². The molecule has 1 fully saturated rings. The number of carbonyl (C=O) groups is 3. The van der Waals surface area contributed by atoms with Crippen molar-refractivity contribution in [2.75, 3.05) is 17.2 Å². The summed E-state index contributed by atoms with van der Waals surface area (Å²) >= 11 is 12.0. The lowest BCUT2D eigenvalue weighted by Gasteiger charge is -2.10. The summed E-state index contributed by atoms with van der Waals surface area (Å²) < 4.78 is 5.02. The molecule has 0 aliphatic heterocycles. The van der Waals surface area contributed by atoms with E-state index >= 15 is 0 Å². The predicted molar refractivity (Wildman–Crippen MR) is 106 cm³/mol. The number of rotatable bonds is 6. The highest BCUT2D eigenvalue weighted by atomic mass is 35.5. The van der Waals surface area contributed by atoms with E-state index in [4.69, 9.17) is 27.9 Å². The zero-order valence-electron chi connectivity index (χ0n) is 14.9. The number of anilines is 2. The Balaban J connectivity index is 1.55. The highest BCUT2D eigenvalue weighted by molar-refractivity contribution is 6.37. The monoisotopic (exact) mass is 421 g/mol. The number of halogens is 2. The summed E-state index contributed by atoms with van der Waals surface area (Å²) in [4.78, 5) is 39.9. The van der Waals surface area contributed by atoms with E-state index in [-0.39, 0.29) is 28.2 Å². The number of benzene rings is 1. The summed E-state index contributed by atoms with van der Waals surface area (Å²) in [5.74, 6) is -1.16. The molecule has 2 aromatic rings. The van der Waals surface area contributed by atoms with Gasteiger partial charge in [-0.15, -0.1) is 0 Å². The molecule has 9 heteroatoms. The molecule has 0 spiro atoms. The first-order chi connectivity index (χ1) is 13.3. The molecule has 2 N–H and O–H groups in total.